The van der Waals surface area contributed by atoms with Crippen molar-refractivity contribution in [2.24, 2.45) is 0 Å². The lowest BCUT2D eigenvalue weighted by Gasteiger charge is -2.06. The van der Waals surface area contributed by atoms with Gasteiger partial charge in [-0.25, -0.2) is 8.42 Å². The molecule has 0 bridgehead atoms. The summed E-state index contributed by atoms with van der Waals surface area (Å²) in [4.78, 5) is 4.49. The van der Waals surface area contributed by atoms with Gasteiger partial charge in [-0.2, -0.15) is 4.98 Å². The molecule has 0 fully saturated rings. The predicted octanol–water partition coefficient (Wildman–Crippen LogP) is 6.51. The number of nitrogens with zero attached hydrogens (tertiary/aromatic N) is 1. The number of rotatable bonds is 6. The molecule has 1 N–H and O–H groups in total. The maximum absolute atomic E-state index is 13.3. The molecule has 31 heavy (non-hydrogen) atoms. The maximum atomic E-state index is 13.3. The van der Waals surface area contributed by atoms with Crippen LogP contribution in [0.15, 0.2) is 91.6 Å². The summed E-state index contributed by atoms with van der Waals surface area (Å²) in [6, 6.07) is 21.2. The topological polar surface area (TPSA) is 72.2 Å². The number of benzene rings is 3. The van der Waals surface area contributed by atoms with Gasteiger partial charge < -0.3 is 9.73 Å². The second-order valence-electron chi connectivity index (χ2n) is 6.96. The molecule has 0 aliphatic heterocycles. The second kappa shape index (κ2) is 8.86. The smallest absolute Gasteiger partial charge is 0.234 e. The SMILES string of the molecule is Cc1ccc(-c2nc(S(=O)(=O)c3ccc(Br)cc3)c(NCc3ccc(Cl)cc3)o2)cc1. The fourth-order valence-electron chi connectivity index (χ4n) is 2.93. The van der Waals surface area contributed by atoms with Crippen molar-refractivity contribution in [1.29, 1.82) is 0 Å². The number of nitrogens with one attached hydrogen (secondary N) is 1. The number of halogens is 2. The average molecular weight is 518 g/mol. The van der Waals surface area contributed by atoms with Crippen LogP contribution in [0.3, 0.4) is 0 Å². The Balaban J connectivity index is 1.74. The van der Waals surface area contributed by atoms with E-state index < -0.39 is 9.84 Å². The Morgan fingerprint density at radius 3 is 2.26 bits per heavy atom. The lowest BCUT2D eigenvalue weighted by molar-refractivity contribution is 0.576. The van der Waals surface area contributed by atoms with Gasteiger partial charge in [-0.05, 0) is 61.0 Å². The summed E-state index contributed by atoms with van der Waals surface area (Å²) in [5.41, 5.74) is 2.70. The summed E-state index contributed by atoms with van der Waals surface area (Å²) in [5.74, 6) is 0.322. The highest BCUT2D eigenvalue weighted by Crippen LogP contribution is 2.33. The molecule has 0 saturated heterocycles. The number of oxazole rings is 1. The van der Waals surface area contributed by atoms with Gasteiger partial charge >= 0.3 is 0 Å². The molecule has 1 heterocycles. The van der Waals surface area contributed by atoms with Crippen LogP contribution in [0.1, 0.15) is 11.1 Å². The highest BCUT2D eigenvalue weighted by molar-refractivity contribution is 9.10. The van der Waals surface area contributed by atoms with Gasteiger partial charge in [0.1, 0.15) is 0 Å². The Morgan fingerprint density at radius 2 is 1.61 bits per heavy atom. The molecule has 158 valence electrons. The highest BCUT2D eigenvalue weighted by Gasteiger charge is 2.28. The van der Waals surface area contributed by atoms with Crippen LogP contribution < -0.4 is 5.32 Å². The summed E-state index contributed by atoms with van der Waals surface area (Å²) >= 11 is 9.27. The van der Waals surface area contributed by atoms with Crippen molar-refractivity contribution in [3.63, 3.8) is 0 Å². The molecule has 0 atom stereocenters. The lowest BCUT2D eigenvalue weighted by Crippen LogP contribution is -2.07. The summed E-state index contributed by atoms with van der Waals surface area (Å²) < 4.78 is 33.3. The average Bonchev–Trinajstić information content (AvgIpc) is 3.19. The van der Waals surface area contributed by atoms with Crippen LogP contribution in [0.2, 0.25) is 5.02 Å². The van der Waals surface area contributed by atoms with Crippen LogP contribution in [0.4, 0.5) is 5.88 Å². The van der Waals surface area contributed by atoms with Gasteiger partial charge in [0.2, 0.25) is 26.6 Å². The molecule has 1 aromatic heterocycles. The van der Waals surface area contributed by atoms with E-state index >= 15 is 0 Å². The fourth-order valence-corrected chi connectivity index (χ4v) is 4.60. The van der Waals surface area contributed by atoms with E-state index in [0.29, 0.717) is 17.1 Å². The zero-order valence-electron chi connectivity index (χ0n) is 16.5. The molecule has 0 amide bonds. The van der Waals surface area contributed by atoms with Crippen molar-refractivity contribution in [2.45, 2.75) is 23.4 Å². The molecule has 8 heteroatoms. The molecule has 4 aromatic rings. The van der Waals surface area contributed by atoms with E-state index in [9.17, 15) is 8.42 Å². The molecule has 0 aliphatic carbocycles. The molecule has 0 unspecified atom stereocenters. The van der Waals surface area contributed by atoms with E-state index in [0.717, 1.165) is 15.6 Å². The quantitative estimate of drug-likeness (QED) is 0.316. The molecular formula is C23H18BrClN2O3S. The minimum absolute atomic E-state index is 0.0912. The van der Waals surface area contributed by atoms with Crippen LogP contribution in [0, 0.1) is 6.92 Å². The molecular weight excluding hydrogens is 500 g/mol. The molecule has 0 aliphatic rings. The molecule has 3 aromatic carbocycles. The third-order valence-electron chi connectivity index (χ3n) is 4.64. The second-order valence-corrected chi connectivity index (χ2v) is 10.2. The monoisotopic (exact) mass is 516 g/mol. The zero-order valence-corrected chi connectivity index (χ0v) is 19.6. The first kappa shape index (κ1) is 21.6. The van der Waals surface area contributed by atoms with Crippen molar-refractivity contribution in [3.05, 3.63) is 93.4 Å². The Labute approximate surface area is 194 Å². The van der Waals surface area contributed by atoms with E-state index in [4.69, 9.17) is 16.0 Å². The van der Waals surface area contributed by atoms with E-state index in [2.05, 4.69) is 26.2 Å². The number of sulfone groups is 1. The van der Waals surface area contributed by atoms with Crippen LogP contribution in [-0.4, -0.2) is 13.4 Å². The van der Waals surface area contributed by atoms with Crippen molar-refractivity contribution < 1.29 is 12.8 Å². The first-order valence-corrected chi connectivity index (χ1v) is 12.1. The van der Waals surface area contributed by atoms with Gasteiger partial charge in [-0.1, -0.05) is 57.4 Å². The summed E-state index contributed by atoms with van der Waals surface area (Å²) in [7, 11) is -3.90. The number of hydrogen-bond acceptors (Lipinski definition) is 5. The lowest BCUT2D eigenvalue weighted by atomic mass is 10.1. The molecule has 0 spiro atoms. The zero-order chi connectivity index (χ0) is 22.0. The first-order valence-electron chi connectivity index (χ1n) is 9.40. The first-order chi connectivity index (χ1) is 14.8. The van der Waals surface area contributed by atoms with E-state index in [1.807, 2.05) is 43.3 Å². The summed E-state index contributed by atoms with van der Waals surface area (Å²) in [6.45, 7) is 2.32. The van der Waals surface area contributed by atoms with E-state index in [-0.39, 0.29) is 21.7 Å². The van der Waals surface area contributed by atoms with E-state index in [1.165, 1.54) is 12.1 Å². The Bertz CT molecular complexity index is 1300. The summed E-state index contributed by atoms with van der Waals surface area (Å²) in [5, 5.41) is 3.55. The van der Waals surface area contributed by atoms with Crippen molar-refractivity contribution in [3.8, 4) is 11.5 Å². The molecule has 0 radical (unpaired) electrons. The van der Waals surface area contributed by atoms with Crippen LogP contribution in [-0.2, 0) is 16.4 Å². The van der Waals surface area contributed by atoms with Crippen LogP contribution in [0.5, 0.6) is 0 Å². The van der Waals surface area contributed by atoms with Gasteiger partial charge in [-0.3, -0.25) is 0 Å². The van der Waals surface area contributed by atoms with Gasteiger partial charge in [0.25, 0.3) is 0 Å². The van der Waals surface area contributed by atoms with Gasteiger partial charge in [0.15, 0.2) is 0 Å². The van der Waals surface area contributed by atoms with Crippen molar-refractivity contribution in [1.82, 2.24) is 4.98 Å². The Hall–Kier alpha value is -2.61. The minimum atomic E-state index is -3.90. The number of aromatic nitrogens is 1. The fraction of sp³-hybridized carbons (Fsp3) is 0.0870. The minimum Gasteiger partial charge on any atom is -0.419 e. The highest BCUT2D eigenvalue weighted by atomic mass is 79.9. The van der Waals surface area contributed by atoms with Crippen LogP contribution in [0.25, 0.3) is 11.5 Å². The molecule has 0 saturated carbocycles. The van der Waals surface area contributed by atoms with Gasteiger partial charge in [0, 0.05) is 21.6 Å². The van der Waals surface area contributed by atoms with E-state index in [1.54, 1.807) is 24.3 Å². The normalized spacial score (nSPS) is 11.5. The largest absolute Gasteiger partial charge is 0.419 e. The van der Waals surface area contributed by atoms with Crippen molar-refractivity contribution in [2.75, 3.05) is 5.32 Å². The summed E-state index contributed by atoms with van der Waals surface area (Å²) in [6.07, 6.45) is 0. The molecule has 5 nitrogen and oxygen atoms in total. The third-order valence-corrected chi connectivity index (χ3v) is 7.10. The number of aryl methyl sites for hydroxylation is 1. The van der Waals surface area contributed by atoms with Gasteiger partial charge in [0.05, 0.1) is 4.90 Å². The third kappa shape index (κ3) is 4.84. The standard InChI is InChI=1S/C23H18BrClN2O3S/c1-15-2-6-17(7-3-15)21-27-23(31(28,29)20-12-8-18(24)9-13-20)22(30-21)26-14-16-4-10-19(25)11-5-16/h2-13,26H,14H2,1H3. The Kier molecular flexibility index (Phi) is 6.18. The predicted molar refractivity (Wildman–Crippen MR) is 125 cm³/mol. The molecule has 4 rings (SSSR count). The maximum Gasteiger partial charge on any atom is 0.234 e. The van der Waals surface area contributed by atoms with Crippen LogP contribution >= 0.6 is 27.5 Å². The number of anilines is 1. The van der Waals surface area contributed by atoms with Gasteiger partial charge in [-0.15, -0.1) is 0 Å². The Morgan fingerprint density at radius 1 is 0.968 bits per heavy atom. The van der Waals surface area contributed by atoms with Crippen molar-refractivity contribution >= 4 is 43.3 Å². The number of hydrogen-bond donors (Lipinski definition) is 1.